The van der Waals surface area contributed by atoms with Crippen molar-refractivity contribution < 1.29 is 8.78 Å². The standard InChI is InChI=1S/C9H10BF2N/c10-7-2-1-3-8(13)6(7)4-5-9(11)12/h1-3,9H,4-5,13H2. The number of benzene rings is 1. The predicted octanol–water partition coefficient (Wildman–Crippen LogP) is 1.26. The lowest BCUT2D eigenvalue weighted by atomic mass is 9.87. The van der Waals surface area contributed by atoms with Crippen LogP contribution in [0.3, 0.4) is 0 Å². The van der Waals surface area contributed by atoms with Gasteiger partial charge >= 0.3 is 0 Å². The average Bonchev–Trinajstić information content (AvgIpc) is 2.03. The molecule has 0 aliphatic heterocycles. The van der Waals surface area contributed by atoms with Crippen LogP contribution < -0.4 is 11.2 Å². The van der Waals surface area contributed by atoms with E-state index in [9.17, 15) is 8.78 Å². The number of rotatable bonds is 3. The van der Waals surface area contributed by atoms with Crippen LogP contribution in [-0.4, -0.2) is 14.3 Å². The molecule has 2 N–H and O–H groups in total. The number of alkyl halides is 2. The highest BCUT2D eigenvalue weighted by atomic mass is 19.3. The Bertz CT molecular complexity index is 269. The summed E-state index contributed by atoms with van der Waals surface area (Å²) < 4.78 is 23.8. The molecule has 0 unspecified atom stereocenters. The van der Waals surface area contributed by atoms with E-state index in [2.05, 4.69) is 0 Å². The zero-order chi connectivity index (χ0) is 9.84. The molecule has 13 heavy (non-hydrogen) atoms. The summed E-state index contributed by atoms with van der Waals surface area (Å²) >= 11 is 0. The first kappa shape index (κ1) is 10.0. The van der Waals surface area contributed by atoms with E-state index in [0.29, 0.717) is 16.7 Å². The maximum absolute atomic E-state index is 11.9. The van der Waals surface area contributed by atoms with E-state index < -0.39 is 6.43 Å². The van der Waals surface area contributed by atoms with Crippen molar-refractivity contribution in [3.63, 3.8) is 0 Å². The minimum atomic E-state index is -2.31. The Balaban J connectivity index is 2.75. The predicted molar refractivity (Wildman–Crippen MR) is 50.6 cm³/mol. The molecule has 0 saturated heterocycles. The second-order valence-electron chi connectivity index (χ2n) is 2.84. The molecule has 0 aromatic heterocycles. The number of halogens is 2. The molecule has 1 rings (SSSR count). The summed E-state index contributed by atoms with van der Waals surface area (Å²) in [5.74, 6) is 0. The molecule has 1 nitrogen and oxygen atoms in total. The highest BCUT2D eigenvalue weighted by Crippen LogP contribution is 2.12. The Morgan fingerprint density at radius 2 is 2.08 bits per heavy atom. The van der Waals surface area contributed by atoms with E-state index in [4.69, 9.17) is 13.6 Å². The Kier molecular flexibility index (Phi) is 3.28. The van der Waals surface area contributed by atoms with Crippen molar-refractivity contribution in [1.82, 2.24) is 0 Å². The van der Waals surface area contributed by atoms with Gasteiger partial charge in [0, 0.05) is 12.1 Å². The third-order valence-electron chi connectivity index (χ3n) is 1.86. The van der Waals surface area contributed by atoms with Gasteiger partial charge in [-0.05, 0) is 18.1 Å². The lowest BCUT2D eigenvalue weighted by Gasteiger charge is -2.08. The minimum absolute atomic E-state index is 0.196. The highest BCUT2D eigenvalue weighted by molar-refractivity contribution is 6.33. The molecule has 1 aromatic carbocycles. The van der Waals surface area contributed by atoms with Crippen molar-refractivity contribution in [2.75, 3.05) is 5.73 Å². The van der Waals surface area contributed by atoms with Crippen molar-refractivity contribution in [1.29, 1.82) is 0 Å². The first-order valence-electron chi connectivity index (χ1n) is 4.02. The molecule has 4 heteroatoms. The van der Waals surface area contributed by atoms with Crippen LogP contribution in [0.15, 0.2) is 18.2 Å². The lowest BCUT2D eigenvalue weighted by Crippen LogP contribution is -2.13. The Labute approximate surface area is 77.3 Å². The molecular weight excluding hydrogens is 171 g/mol. The number of hydrogen-bond donors (Lipinski definition) is 1. The maximum atomic E-state index is 11.9. The molecule has 2 radical (unpaired) electrons. The van der Waals surface area contributed by atoms with E-state index in [-0.39, 0.29) is 12.8 Å². The Hall–Kier alpha value is -1.06. The van der Waals surface area contributed by atoms with Gasteiger partial charge in [-0.1, -0.05) is 17.6 Å². The molecule has 0 aliphatic carbocycles. The van der Waals surface area contributed by atoms with Gasteiger partial charge in [-0.15, -0.1) is 0 Å². The van der Waals surface area contributed by atoms with Crippen molar-refractivity contribution >= 4 is 19.0 Å². The summed E-state index contributed by atoms with van der Waals surface area (Å²) in [7, 11) is 5.58. The topological polar surface area (TPSA) is 26.0 Å². The van der Waals surface area contributed by atoms with Gasteiger partial charge in [0.05, 0.1) is 0 Å². The quantitative estimate of drug-likeness (QED) is 0.551. The first-order chi connectivity index (χ1) is 6.11. The fourth-order valence-electron chi connectivity index (χ4n) is 1.17. The summed E-state index contributed by atoms with van der Waals surface area (Å²) in [6, 6.07) is 5.03. The van der Waals surface area contributed by atoms with Crippen molar-refractivity contribution in [3.8, 4) is 0 Å². The normalized spacial score (nSPS) is 10.7. The van der Waals surface area contributed by atoms with Gasteiger partial charge < -0.3 is 5.73 Å². The first-order valence-corrected chi connectivity index (χ1v) is 4.02. The second kappa shape index (κ2) is 4.26. The van der Waals surface area contributed by atoms with E-state index >= 15 is 0 Å². The third kappa shape index (κ3) is 2.72. The molecule has 68 valence electrons. The molecule has 0 atom stereocenters. The van der Waals surface area contributed by atoms with Gasteiger partial charge in [0.15, 0.2) is 0 Å². The summed E-state index contributed by atoms with van der Waals surface area (Å²) in [6.07, 6.45) is -2.27. The summed E-state index contributed by atoms with van der Waals surface area (Å²) in [6.45, 7) is 0. The molecule has 0 saturated carbocycles. The molecule has 0 bridgehead atoms. The number of anilines is 1. The highest BCUT2D eigenvalue weighted by Gasteiger charge is 2.06. The molecule has 0 heterocycles. The lowest BCUT2D eigenvalue weighted by molar-refractivity contribution is 0.138. The average molecular weight is 181 g/mol. The summed E-state index contributed by atoms with van der Waals surface area (Å²) in [4.78, 5) is 0. The fourth-order valence-corrected chi connectivity index (χ4v) is 1.17. The van der Waals surface area contributed by atoms with Crippen LogP contribution in [0.25, 0.3) is 0 Å². The second-order valence-corrected chi connectivity index (χ2v) is 2.84. The molecule has 0 amide bonds. The number of hydrogen-bond acceptors (Lipinski definition) is 1. The van der Waals surface area contributed by atoms with Crippen LogP contribution in [0.5, 0.6) is 0 Å². The third-order valence-corrected chi connectivity index (χ3v) is 1.86. The maximum Gasteiger partial charge on any atom is 0.239 e. The van der Waals surface area contributed by atoms with Gasteiger partial charge in [0.2, 0.25) is 6.43 Å². The van der Waals surface area contributed by atoms with Gasteiger partial charge in [0.25, 0.3) is 0 Å². The number of nitrogen functional groups attached to an aromatic ring is 1. The van der Waals surface area contributed by atoms with Crippen LogP contribution in [0.4, 0.5) is 14.5 Å². The van der Waals surface area contributed by atoms with Crippen LogP contribution in [0.2, 0.25) is 0 Å². The van der Waals surface area contributed by atoms with Gasteiger partial charge in [-0.2, -0.15) is 0 Å². The summed E-state index contributed by atoms with van der Waals surface area (Å²) in [5.41, 5.74) is 7.18. The smallest absolute Gasteiger partial charge is 0.239 e. The molecule has 0 aliphatic rings. The minimum Gasteiger partial charge on any atom is -0.399 e. The van der Waals surface area contributed by atoms with E-state index in [0.717, 1.165) is 0 Å². The van der Waals surface area contributed by atoms with E-state index in [1.54, 1.807) is 18.2 Å². The molecule has 1 aromatic rings. The largest absolute Gasteiger partial charge is 0.399 e. The van der Waals surface area contributed by atoms with Crippen molar-refractivity contribution in [3.05, 3.63) is 23.8 Å². The van der Waals surface area contributed by atoms with E-state index in [1.165, 1.54) is 0 Å². The van der Waals surface area contributed by atoms with Crippen LogP contribution in [-0.2, 0) is 6.42 Å². The van der Waals surface area contributed by atoms with Gasteiger partial charge in [-0.25, -0.2) is 8.78 Å². The van der Waals surface area contributed by atoms with Crippen LogP contribution >= 0.6 is 0 Å². The fraction of sp³-hybridized carbons (Fsp3) is 0.333. The zero-order valence-electron chi connectivity index (χ0n) is 7.13. The monoisotopic (exact) mass is 181 g/mol. The van der Waals surface area contributed by atoms with Crippen LogP contribution in [0.1, 0.15) is 12.0 Å². The van der Waals surface area contributed by atoms with Gasteiger partial charge in [0.1, 0.15) is 7.85 Å². The molecular formula is C9H10BF2N. The SMILES string of the molecule is [B]c1cccc(N)c1CCC(F)F. The Morgan fingerprint density at radius 1 is 1.38 bits per heavy atom. The van der Waals surface area contributed by atoms with Crippen LogP contribution in [0, 0.1) is 0 Å². The number of nitrogens with two attached hydrogens (primary N) is 1. The van der Waals surface area contributed by atoms with E-state index in [1.807, 2.05) is 0 Å². The zero-order valence-corrected chi connectivity index (χ0v) is 7.13. The van der Waals surface area contributed by atoms with Gasteiger partial charge in [-0.3, -0.25) is 0 Å². The summed E-state index contributed by atoms with van der Waals surface area (Å²) in [5, 5.41) is 0. The molecule has 0 spiro atoms. The molecule has 0 fully saturated rings. The van der Waals surface area contributed by atoms with Crippen molar-refractivity contribution in [2.24, 2.45) is 0 Å². The Morgan fingerprint density at radius 3 is 2.62 bits per heavy atom. The van der Waals surface area contributed by atoms with Crippen molar-refractivity contribution in [2.45, 2.75) is 19.3 Å².